The Kier molecular flexibility index (Phi) is 6.36. The van der Waals surface area contributed by atoms with E-state index in [0.717, 1.165) is 62.6 Å². The molecule has 0 radical (unpaired) electrons. The van der Waals surface area contributed by atoms with Gasteiger partial charge in [0.1, 0.15) is 28.6 Å². The molecule has 5 rings (SSSR count). The molecule has 3 saturated heterocycles. The molecule has 1 spiro atoms. The number of rotatable bonds is 3. The Labute approximate surface area is 206 Å². The van der Waals surface area contributed by atoms with Crippen LogP contribution in [-0.2, 0) is 9.47 Å². The molecule has 0 saturated carbocycles. The van der Waals surface area contributed by atoms with Crippen LogP contribution in [0.5, 0.6) is 0 Å². The van der Waals surface area contributed by atoms with Crippen LogP contribution in [-0.4, -0.2) is 70.0 Å². The van der Waals surface area contributed by atoms with Gasteiger partial charge in [0.2, 0.25) is 0 Å². The first-order valence-corrected chi connectivity index (χ1v) is 13.1. The van der Waals surface area contributed by atoms with E-state index in [4.69, 9.17) is 26.1 Å². The summed E-state index contributed by atoms with van der Waals surface area (Å²) in [7, 11) is 0. The fourth-order valence-corrected chi connectivity index (χ4v) is 6.31. The van der Waals surface area contributed by atoms with Crippen LogP contribution >= 0.6 is 11.6 Å². The van der Waals surface area contributed by atoms with Crippen molar-refractivity contribution < 1.29 is 14.3 Å². The van der Waals surface area contributed by atoms with E-state index in [2.05, 4.69) is 14.8 Å². The molecule has 4 aliphatic heterocycles. The van der Waals surface area contributed by atoms with E-state index in [1.165, 1.54) is 12.8 Å². The number of hydrogen-bond acceptors (Lipinski definition) is 6. The van der Waals surface area contributed by atoms with Gasteiger partial charge in [-0.3, -0.25) is 4.90 Å². The van der Waals surface area contributed by atoms with Crippen molar-refractivity contribution in [2.24, 2.45) is 4.99 Å². The van der Waals surface area contributed by atoms with Crippen molar-refractivity contribution in [2.75, 3.05) is 26.2 Å². The molecule has 3 unspecified atom stereocenters. The SMILES string of the molecule is CC1N=c2c(ccn2C2CCC(CN3CCCC34CCN(C(=O)OC(C)(C)C)CC4)O2)=C(Cl)N1. The van der Waals surface area contributed by atoms with E-state index in [1.807, 2.05) is 44.9 Å². The van der Waals surface area contributed by atoms with E-state index < -0.39 is 5.60 Å². The zero-order valence-corrected chi connectivity index (χ0v) is 21.6. The molecule has 0 bridgehead atoms. The van der Waals surface area contributed by atoms with Gasteiger partial charge in [-0.2, -0.15) is 0 Å². The maximum absolute atomic E-state index is 12.5. The number of piperidine rings is 1. The number of likely N-dealkylation sites (tertiary alicyclic amines) is 2. The summed E-state index contributed by atoms with van der Waals surface area (Å²) < 4.78 is 14.3. The Morgan fingerprint density at radius 3 is 2.76 bits per heavy atom. The van der Waals surface area contributed by atoms with Crippen LogP contribution in [0.3, 0.4) is 0 Å². The molecule has 1 N–H and O–H groups in total. The first-order chi connectivity index (χ1) is 16.1. The quantitative estimate of drug-likeness (QED) is 0.658. The van der Waals surface area contributed by atoms with Crippen LogP contribution in [0.25, 0.3) is 5.16 Å². The number of halogens is 1. The second-order valence-electron chi connectivity index (χ2n) is 11.3. The van der Waals surface area contributed by atoms with Crippen molar-refractivity contribution in [2.45, 2.75) is 95.9 Å². The summed E-state index contributed by atoms with van der Waals surface area (Å²) in [5.41, 5.74) is 0.645. The molecular formula is C25H38ClN5O3. The van der Waals surface area contributed by atoms with Crippen LogP contribution in [0.2, 0.25) is 0 Å². The zero-order valence-electron chi connectivity index (χ0n) is 20.8. The number of hydrogen-bond donors (Lipinski definition) is 1. The Balaban J connectivity index is 1.21. The molecule has 1 aromatic heterocycles. The van der Waals surface area contributed by atoms with E-state index in [1.54, 1.807) is 0 Å². The molecule has 188 valence electrons. The average molecular weight is 492 g/mol. The van der Waals surface area contributed by atoms with Crippen LogP contribution in [0.4, 0.5) is 4.79 Å². The van der Waals surface area contributed by atoms with Gasteiger partial charge in [-0.05, 0) is 78.8 Å². The van der Waals surface area contributed by atoms with Gasteiger partial charge in [-0.1, -0.05) is 11.6 Å². The lowest BCUT2D eigenvalue weighted by molar-refractivity contribution is -0.0386. The smallest absolute Gasteiger partial charge is 0.410 e. The second kappa shape index (κ2) is 9.03. The Hall–Kier alpha value is -1.77. The minimum absolute atomic E-state index is 0.000152. The summed E-state index contributed by atoms with van der Waals surface area (Å²) in [6.45, 7) is 11.4. The molecule has 8 nitrogen and oxygen atoms in total. The summed E-state index contributed by atoms with van der Waals surface area (Å²) in [6.07, 6.45) is 8.48. The molecule has 1 aromatic rings. The summed E-state index contributed by atoms with van der Waals surface area (Å²) in [4.78, 5) is 21.8. The third-order valence-corrected chi connectivity index (χ3v) is 7.99. The number of amides is 1. The topological polar surface area (TPSA) is 71.3 Å². The third kappa shape index (κ3) is 4.69. The molecule has 3 fully saturated rings. The molecule has 0 aliphatic carbocycles. The minimum atomic E-state index is -0.452. The Morgan fingerprint density at radius 2 is 2.03 bits per heavy atom. The van der Waals surface area contributed by atoms with Crippen molar-refractivity contribution in [3.05, 3.63) is 23.0 Å². The molecule has 0 aromatic carbocycles. The fraction of sp³-hybridized carbons (Fsp3) is 0.760. The number of carbonyl (C=O) groups excluding carboxylic acids is 1. The lowest BCUT2D eigenvalue weighted by Gasteiger charge is -2.45. The molecule has 1 amide bonds. The highest BCUT2D eigenvalue weighted by atomic mass is 35.5. The highest BCUT2D eigenvalue weighted by Gasteiger charge is 2.45. The molecule has 4 aliphatic rings. The second-order valence-corrected chi connectivity index (χ2v) is 11.6. The predicted molar refractivity (Wildman–Crippen MR) is 131 cm³/mol. The highest BCUT2D eigenvalue weighted by molar-refractivity contribution is 6.44. The number of aromatic nitrogens is 1. The van der Waals surface area contributed by atoms with Crippen LogP contribution in [0.15, 0.2) is 17.3 Å². The van der Waals surface area contributed by atoms with Gasteiger partial charge in [0.25, 0.3) is 0 Å². The van der Waals surface area contributed by atoms with Crippen molar-refractivity contribution in [3.63, 3.8) is 0 Å². The monoisotopic (exact) mass is 491 g/mol. The first-order valence-electron chi connectivity index (χ1n) is 12.7. The van der Waals surface area contributed by atoms with Gasteiger partial charge in [0.15, 0.2) is 0 Å². The van der Waals surface area contributed by atoms with E-state index in [0.29, 0.717) is 5.16 Å². The van der Waals surface area contributed by atoms with Gasteiger partial charge in [0, 0.05) is 31.4 Å². The van der Waals surface area contributed by atoms with E-state index in [-0.39, 0.29) is 30.1 Å². The summed E-state index contributed by atoms with van der Waals surface area (Å²) in [6, 6.07) is 2.02. The predicted octanol–water partition coefficient (Wildman–Crippen LogP) is 2.90. The van der Waals surface area contributed by atoms with Gasteiger partial charge >= 0.3 is 6.09 Å². The maximum Gasteiger partial charge on any atom is 0.410 e. The van der Waals surface area contributed by atoms with E-state index in [9.17, 15) is 4.79 Å². The third-order valence-electron chi connectivity index (χ3n) is 7.68. The normalized spacial score (nSPS) is 29.1. The highest BCUT2D eigenvalue weighted by Crippen LogP contribution is 2.40. The van der Waals surface area contributed by atoms with Crippen molar-refractivity contribution in [3.8, 4) is 0 Å². The molecular weight excluding hydrogens is 454 g/mol. The number of nitrogens with one attached hydrogen (secondary N) is 1. The van der Waals surface area contributed by atoms with Crippen LogP contribution < -0.4 is 16.0 Å². The Bertz CT molecular complexity index is 1040. The fourth-order valence-electron chi connectivity index (χ4n) is 6.00. The average Bonchev–Trinajstić information content (AvgIpc) is 3.47. The summed E-state index contributed by atoms with van der Waals surface area (Å²) in [5.74, 6) is 0. The number of nitrogens with zero attached hydrogens (tertiary/aromatic N) is 4. The number of carbonyl (C=O) groups is 1. The van der Waals surface area contributed by atoms with Gasteiger partial charge in [-0.15, -0.1) is 0 Å². The number of ether oxygens (including phenoxy) is 2. The number of fused-ring (bicyclic) bond motifs is 1. The maximum atomic E-state index is 12.5. The standard InChI is InChI=1S/C25H38ClN5O3/c1-17-27-21(26)19-8-13-31(22(19)28-17)20-7-6-18(33-20)16-30-12-5-9-25(30)10-14-29(15-11-25)23(32)34-24(2,3)4/h8,13,17-18,20,27H,5-7,9-12,14-16H2,1-4H3. The van der Waals surface area contributed by atoms with Gasteiger partial charge in [0.05, 0.1) is 11.3 Å². The molecule has 5 heterocycles. The van der Waals surface area contributed by atoms with Gasteiger partial charge < -0.3 is 24.3 Å². The summed E-state index contributed by atoms with van der Waals surface area (Å²) in [5, 5.41) is 4.77. The minimum Gasteiger partial charge on any atom is -0.444 e. The van der Waals surface area contributed by atoms with Crippen molar-refractivity contribution in [1.82, 2.24) is 19.7 Å². The zero-order chi connectivity index (χ0) is 24.1. The van der Waals surface area contributed by atoms with Gasteiger partial charge in [-0.25, -0.2) is 9.79 Å². The van der Waals surface area contributed by atoms with Crippen LogP contribution in [0, 0.1) is 0 Å². The van der Waals surface area contributed by atoms with Crippen LogP contribution in [0.1, 0.15) is 72.4 Å². The molecule has 34 heavy (non-hydrogen) atoms. The molecule has 3 atom stereocenters. The molecule has 9 heteroatoms. The van der Waals surface area contributed by atoms with Crippen molar-refractivity contribution >= 4 is 22.9 Å². The van der Waals surface area contributed by atoms with Crippen molar-refractivity contribution in [1.29, 1.82) is 0 Å². The van der Waals surface area contributed by atoms with E-state index >= 15 is 0 Å². The summed E-state index contributed by atoms with van der Waals surface area (Å²) >= 11 is 6.40. The lowest BCUT2D eigenvalue weighted by Crippen LogP contribution is -2.55. The lowest BCUT2D eigenvalue weighted by atomic mass is 9.85. The largest absolute Gasteiger partial charge is 0.444 e. The Morgan fingerprint density at radius 1 is 1.26 bits per heavy atom. The first kappa shape index (κ1) is 23.9.